The number of amides is 2. The summed E-state index contributed by atoms with van der Waals surface area (Å²) in [5.41, 5.74) is 2.71. The topological polar surface area (TPSA) is 115 Å². The number of benzene rings is 3. The van der Waals surface area contributed by atoms with Gasteiger partial charge in [-0.2, -0.15) is 5.10 Å². The van der Waals surface area contributed by atoms with E-state index >= 15 is 0 Å². The lowest BCUT2D eigenvalue weighted by molar-refractivity contribution is -0.121. The number of para-hydroxylation sites is 1. The van der Waals surface area contributed by atoms with Crippen molar-refractivity contribution in [2.24, 2.45) is 10.2 Å². The number of thioether (sulfide) groups is 1. The zero-order valence-electron chi connectivity index (χ0n) is 18.3. The standard InChI is InChI=1S/C25H22N4O4S/c1-16-6-8-18(9-7-16)27-23(32)14-22-24(33)29(19-10-12-20(30)13-11-19)25(34-22)28-26-15-17-4-2-3-5-21(17)31/h2-13,15,22,30-31H,14H2,1H3,(H,27,32)/b26-15+,28-25+. The van der Waals surface area contributed by atoms with Gasteiger partial charge in [0.1, 0.15) is 16.7 Å². The van der Waals surface area contributed by atoms with Gasteiger partial charge in [-0.1, -0.05) is 41.6 Å². The Morgan fingerprint density at radius 1 is 1.06 bits per heavy atom. The molecule has 2 amide bonds. The Morgan fingerprint density at radius 3 is 2.47 bits per heavy atom. The summed E-state index contributed by atoms with van der Waals surface area (Å²) in [5.74, 6) is -0.485. The largest absolute Gasteiger partial charge is 0.508 e. The maximum absolute atomic E-state index is 13.2. The summed E-state index contributed by atoms with van der Waals surface area (Å²) in [6.45, 7) is 1.96. The van der Waals surface area contributed by atoms with Crippen molar-refractivity contribution in [3.8, 4) is 11.5 Å². The summed E-state index contributed by atoms with van der Waals surface area (Å²) in [6.07, 6.45) is 1.34. The third-order valence-corrected chi connectivity index (χ3v) is 6.15. The van der Waals surface area contributed by atoms with Gasteiger partial charge >= 0.3 is 0 Å². The Morgan fingerprint density at radius 2 is 1.76 bits per heavy atom. The van der Waals surface area contributed by atoms with Crippen molar-refractivity contribution >= 4 is 46.3 Å². The normalized spacial score (nSPS) is 17.0. The van der Waals surface area contributed by atoms with E-state index in [9.17, 15) is 19.8 Å². The number of carbonyl (C=O) groups is 2. The molecule has 9 heteroatoms. The summed E-state index contributed by atoms with van der Waals surface area (Å²) in [4.78, 5) is 27.2. The number of nitrogens with zero attached hydrogens (tertiary/aromatic N) is 3. The van der Waals surface area contributed by atoms with E-state index in [2.05, 4.69) is 15.5 Å². The van der Waals surface area contributed by atoms with E-state index in [1.807, 2.05) is 19.1 Å². The Bertz CT molecular complexity index is 1260. The lowest BCUT2D eigenvalue weighted by Crippen LogP contribution is -2.33. The lowest BCUT2D eigenvalue weighted by atomic mass is 10.2. The Kier molecular flexibility index (Phi) is 6.93. The van der Waals surface area contributed by atoms with Crippen LogP contribution < -0.4 is 10.2 Å². The average Bonchev–Trinajstić information content (AvgIpc) is 3.12. The minimum atomic E-state index is -0.696. The van der Waals surface area contributed by atoms with Crippen LogP contribution in [0.4, 0.5) is 11.4 Å². The highest BCUT2D eigenvalue weighted by Gasteiger charge is 2.40. The van der Waals surface area contributed by atoms with Crippen molar-refractivity contribution in [1.82, 2.24) is 0 Å². The molecule has 3 N–H and O–H groups in total. The van der Waals surface area contributed by atoms with Gasteiger partial charge in [-0.3, -0.25) is 14.5 Å². The fraction of sp³-hybridized carbons (Fsp3) is 0.120. The highest BCUT2D eigenvalue weighted by Crippen LogP contribution is 2.34. The van der Waals surface area contributed by atoms with Gasteiger partial charge in [0.05, 0.1) is 11.9 Å². The molecule has 4 rings (SSSR count). The van der Waals surface area contributed by atoms with Crippen molar-refractivity contribution in [3.05, 3.63) is 83.9 Å². The molecule has 0 aliphatic carbocycles. The monoisotopic (exact) mass is 474 g/mol. The first-order chi connectivity index (χ1) is 16.4. The number of phenolic OH excluding ortho intramolecular Hbond substituents is 2. The summed E-state index contributed by atoms with van der Waals surface area (Å²) >= 11 is 1.13. The summed E-state index contributed by atoms with van der Waals surface area (Å²) in [6, 6.07) is 20.2. The number of hydrogen-bond acceptors (Lipinski definition) is 7. The average molecular weight is 475 g/mol. The first-order valence-electron chi connectivity index (χ1n) is 10.5. The second-order valence-corrected chi connectivity index (χ2v) is 8.77. The number of hydrogen-bond donors (Lipinski definition) is 3. The van der Waals surface area contributed by atoms with E-state index in [0.29, 0.717) is 16.9 Å². The van der Waals surface area contributed by atoms with Crippen LogP contribution in [0.5, 0.6) is 11.5 Å². The number of carbonyl (C=O) groups excluding carboxylic acids is 2. The number of aryl methyl sites for hydroxylation is 1. The number of phenols is 2. The van der Waals surface area contributed by atoms with Crippen LogP contribution in [-0.4, -0.2) is 38.7 Å². The van der Waals surface area contributed by atoms with E-state index in [-0.39, 0.29) is 34.9 Å². The highest BCUT2D eigenvalue weighted by molar-refractivity contribution is 8.16. The molecule has 1 unspecified atom stereocenters. The van der Waals surface area contributed by atoms with Gasteiger partial charge in [0.15, 0.2) is 5.17 Å². The molecule has 1 fully saturated rings. The molecule has 3 aromatic carbocycles. The van der Waals surface area contributed by atoms with Gasteiger partial charge in [-0.15, -0.1) is 5.10 Å². The van der Waals surface area contributed by atoms with Crippen LogP contribution in [0.3, 0.4) is 0 Å². The number of aromatic hydroxyl groups is 2. The third kappa shape index (κ3) is 5.44. The van der Waals surface area contributed by atoms with E-state index in [1.165, 1.54) is 29.3 Å². The molecule has 8 nitrogen and oxygen atoms in total. The molecule has 3 aromatic rings. The first kappa shape index (κ1) is 23.1. The molecule has 1 aliphatic rings. The van der Waals surface area contributed by atoms with E-state index in [4.69, 9.17) is 0 Å². The lowest BCUT2D eigenvalue weighted by Gasteiger charge is -2.16. The number of rotatable bonds is 6. The Balaban J connectivity index is 1.55. The Labute approximate surface area is 200 Å². The van der Waals surface area contributed by atoms with E-state index in [0.717, 1.165) is 17.3 Å². The van der Waals surface area contributed by atoms with Gasteiger partial charge in [0, 0.05) is 17.7 Å². The number of amidine groups is 1. The molecular formula is C25H22N4O4S. The van der Waals surface area contributed by atoms with Crippen LogP contribution in [0.1, 0.15) is 17.5 Å². The quantitative estimate of drug-likeness (QED) is 0.365. The zero-order valence-corrected chi connectivity index (χ0v) is 19.1. The zero-order chi connectivity index (χ0) is 24.1. The molecule has 1 saturated heterocycles. The predicted octanol–water partition coefficient (Wildman–Crippen LogP) is 4.27. The smallest absolute Gasteiger partial charge is 0.247 e. The van der Waals surface area contributed by atoms with Crippen molar-refractivity contribution in [2.45, 2.75) is 18.6 Å². The molecule has 1 heterocycles. The summed E-state index contributed by atoms with van der Waals surface area (Å²) in [5, 5.41) is 30.1. The fourth-order valence-electron chi connectivity index (χ4n) is 3.26. The Hall–Kier alpha value is -4.11. The van der Waals surface area contributed by atoms with Gasteiger partial charge in [0.25, 0.3) is 0 Å². The van der Waals surface area contributed by atoms with Gasteiger partial charge < -0.3 is 15.5 Å². The van der Waals surface area contributed by atoms with Crippen molar-refractivity contribution in [2.75, 3.05) is 10.2 Å². The van der Waals surface area contributed by atoms with Crippen molar-refractivity contribution in [1.29, 1.82) is 0 Å². The molecule has 34 heavy (non-hydrogen) atoms. The molecule has 172 valence electrons. The SMILES string of the molecule is Cc1ccc(NC(=O)CC2S/C(=N/N=C/c3ccccc3O)N(c3ccc(O)cc3)C2=O)cc1. The van der Waals surface area contributed by atoms with Crippen LogP contribution >= 0.6 is 11.8 Å². The highest BCUT2D eigenvalue weighted by atomic mass is 32.2. The third-order valence-electron chi connectivity index (χ3n) is 5.03. The molecule has 1 aliphatic heterocycles. The van der Waals surface area contributed by atoms with Crippen molar-refractivity contribution < 1.29 is 19.8 Å². The van der Waals surface area contributed by atoms with E-state index < -0.39 is 5.25 Å². The summed E-state index contributed by atoms with van der Waals surface area (Å²) in [7, 11) is 0. The minimum absolute atomic E-state index is 0.0475. The molecule has 0 radical (unpaired) electrons. The van der Waals surface area contributed by atoms with Gasteiger partial charge in [-0.05, 0) is 55.5 Å². The molecular weight excluding hydrogens is 452 g/mol. The van der Waals surface area contributed by atoms with Crippen LogP contribution in [0.25, 0.3) is 0 Å². The summed E-state index contributed by atoms with van der Waals surface area (Å²) < 4.78 is 0. The van der Waals surface area contributed by atoms with Crippen LogP contribution in [-0.2, 0) is 9.59 Å². The number of nitrogens with one attached hydrogen (secondary N) is 1. The molecule has 0 saturated carbocycles. The van der Waals surface area contributed by atoms with Crippen LogP contribution in [0.15, 0.2) is 83.0 Å². The molecule has 0 bridgehead atoms. The van der Waals surface area contributed by atoms with E-state index in [1.54, 1.807) is 42.5 Å². The molecule has 0 spiro atoms. The first-order valence-corrected chi connectivity index (χ1v) is 11.3. The molecule has 1 atom stereocenters. The second kappa shape index (κ2) is 10.2. The second-order valence-electron chi connectivity index (χ2n) is 7.60. The minimum Gasteiger partial charge on any atom is -0.508 e. The molecule has 0 aromatic heterocycles. The van der Waals surface area contributed by atoms with Gasteiger partial charge in [0.2, 0.25) is 11.8 Å². The predicted molar refractivity (Wildman–Crippen MR) is 135 cm³/mol. The van der Waals surface area contributed by atoms with Crippen LogP contribution in [0.2, 0.25) is 0 Å². The maximum atomic E-state index is 13.2. The van der Waals surface area contributed by atoms with Crippen LogP contribution in [0, 0.1) is 6.92 Å². The maximum Gasteiger partial charge on any atom is 0.247 e. The number of anilines is 2. The van der Waals surface area contributed by atoms with Gasteiger partial charge in [-0.25, -0.2) is 0 Å². The van der Waals surface area contributed by atoms with Crippen molar-refractivity contribution in [3.63, 3.8) is 0 Å². The fourth-order valence-corrected chi connectivity index (χ4v) is 4.35.